The van der Waals surface area contributed by atoms with E-state index in [0.717, 1.165) is 31.6 Å². The summed E-state index contributed by atoms with van der Waals surface area (Å²) in [6, 6.07) is 3.37. The number of anilines is 1. The highest BCUT2D eigenvalue weighted by atomic mass is 16.5. The number of rotatable bonds is 6. The molecule has 0 radical (unpaired) electrons. The SMILES string of the molecule is CCOc1cc(C(=O)O)c(N2CCCC2)cc1OCC. The average molecular weight is 279 g/mol. The minimum Gasteiger partial charge on any atom is -0.490 e. The van der Waals surface area contributed by atoms with Crippen molar-refractivity contribution in [3.8, 4) is 11.5 Å². The molecule has 20 heavy (non-hydrogen) atoms. The second-order valence-electron chi connectivity index (χ2n) is 4.68. The van der Waals surface area contributed by atoms with E-state index in [9.17, 15) is 9.90 Å². The van der Waals surface area contributed by atoms with Crippen molar-refractivity contribution in [2.45, 2.75) is 26.7 Å². The maximum absolute atomic E-state index is 11.5. The van der Waals surface area contributed by atoms with Gasteiger partial charge in [0, 0.05) is 25.2 Å². The van der Waals surface area contributed by atoms with Gasteiger partial charge < -0.3 is 19.5 Å². The van der Waals surface area contributed by atoms with Crippen LogP contribution in [0.15, 0.2) is 12.1 Å². The number of hydrogen-bond acceptors (Lipinski definition) is 4. The zero-order chi connectivity index (χ0) is 14.5. The Morgan fingerprint density at radius 1 is 1.15 bits per heavy atom. The summed E-state index contributed by atoms with van der Waals surface area (Å²) < 4.78 is 11.1. The van der Waals surface area contributed by atoms with Crippen molar-refractivity contribution in [3.63, 3.8) is 0 Å². The van der Waals surface area contributed by atoms with Crippen LogP contribution < -0.4 is 14.4 Å². The van der Waals surface area contributed by atoms with Gasteiger partial charge in [-0.2, -0.15) is 0 Å². The van der Waals surface area contributed by atoms with Gasteiger partial charge in [0.25, 0.3) is 0 Å². The number of ether oxygens (including phenoxy) is 2. The highest BCUT2D eigenvalue weighted by Crippen LogP contribution is 2.36. The lowest BCUT2D eigenvalue weighted by Crippen LogP contribution is -2.21. The minimum atomic E-state index is -0.934. The number of hydrogen-bond donors (Lipinski definition) is 1. The maximum atomic E-state index is 11.5. The Morgan fingerprint density at radius 2 is 1.70 bits per heavy atom. The molecule has 0 saturated carbocycles. The molecule has 0 unspecified atom stereocenters. The lowest BCUT2D eigenvalue weighted by atomic mass is 10.1. The number of carboxylic acid groups (broad SMARTS) is 1. The Bertz CT molecular complexity index is 481. The normalized spacial score (nSPS) is 14.4. The predicted octanol–water partition coefficient (Wildman–Crippen LogP) is 2.78. The van der Waals surface area contributed by atoms with Crippen LogP contribution in [0, 0.1) is 0 Å². The third-order valence-electron chi connectivity index (χ3n) is 3.34. The largest absolute Gasteiger partial charge is 0.490 e. The molecule has 0 bridgehead atoms. The van der Waals surface area contributed by atoms with Gasteiger partial charge >= 0.3 is 5.97 Å². The van der Waals surface area contributed by atoms with E-state index in [2.05, 4.69) is 4.90 Å². The van der Waals surface area contributed by atoms with E-state index >= 15 is 0 Å². The highest BCUT2D eigenvalue weighted by molar-refractivity contribution is 5.95. The molecule has 0 atom stereocenters. The highest BCUT2D eigenvalue weighted by Gasteiger charge is 2.22. The summed E-state index contributed by atoms with van der Waals surface area (Å²) in [6.07, 6.45) is 2.19. The Hall–Kier alpha value is -1.91. The molecule has 1 N–H and O–H groups in total. The first-order valence-electron chi connectivity index (χ1n) is 7.09. The van der Waals surface area contributed by atoms with E-state index < -0.39 is 5.97 Å². The fraction of sp³-hybridized carbons (Fsp3) is 0.533. The Kier molecular flexibility index (Phi) is 4.71. The van der Waals surface area contributed by atoms with E-state index in [1.807, 2.05) is 13.8 Å². The first-order valence-corrected chi connectivity index (χ1v) is 7.09. The minimum absolute atomic E-state index is 0.277. The topological polar surface area (TPSA) is 59.0 Å². The molecule has 5 nitrogen and oxygen atoms in total. The van der Waals surface area contributed by atoms with Gasteiger partial charge in [-0.1, -0.05) is 0 Å². The molecule has 0 amide bonds. The van der Waals surface area contributed by atoms with Crippen LogP contribution in [0.2, 0.25) is 0 Å². The summed E-state index contributed by atoms with van der Waals surface area (Å²) in [5, 5.41) is 9.42. The summed E-state index contributed by atoms with van der Waals surface area (Å²) in [5.41, 5.74) is 1.00. The number of aromatic carboxylic acids is 1. The van der Waals surface area contributed by atoms with Crippen LogP contribution in [0.25, 0.3) is 0 Å². The molecule has 0 aromatic heterocycles. The van der Waals surface area contributed by atoms with Crippen LogP contribution in [-0.4, -0.2) is 37.4 Å². The summed E-state index contributed by atoms with van der Waals surface area (Å²) in [4.78, 5) is 13.6. The number of carbonyl (C=O) groups is 1. The van der Waals surface area contributed by atoms with Crippen LogP contribution in [-0.2, 0) is 0 Å². The molecule has 5 heteroatoms. The molecule has 110 valence electrons. The Labute approximate surface area is 119 Å². The molecular formula is C15H21NO4. The summed E-state index contributed by atoms with van der Waals surface area (Å²) in [7, 11) is 0. The van der Waals surface area contributed by atoms with Gasteiger partial charge in [-0.05, 0) is 26.7 Å². The molecule has 1 aliphatic rings. The third kappa shape index (κ3) is 2.98. The molecular weight excluding hydrogens is 258 g/mol. The van der Waals surface area contributed by atoms with Gasteiger partial charge in [-0.15, -0.1) is 0 Å². The predicted molar refractivity (Wildman–Crippen MR) is 77.2 cm³/mol. The van der Waals surface area contributed by atoms with Crippen molar-refractivity contribution in [2.75, 3.05) is 31.2 Å². The maximum Gasteiger partial charge on any atom is 0.337 e. The molecule has 1 aliphatic heterocycles. The first kappa shape index (κ1) is 14.5. The van der Waals surface area contributed by atoms with E-state index in [1.54, 1.807) is 12.1 Å². The van der Waals surface area contributed by atoms with E-state index in [4.69, 9.17) is 9.47 Å². The fourth-order valence-corrected chi connectivity index (χ4v) is 2.48. The van der Waals surface area contributed by atoms with Gasteiger partial charge in [-0.25, -0.2) is 4.79 Å². The number of carboxylic acids is 1. The van der Waals surface area contributed by atoms with Crippen molar-refractivity contribution in [3.05, 3.63) is 17.7 Å². The molecule has 1 aromatic rings. The van der Waals surface area contributed by atoms with Crippen molar-refractivity contribution < 1.29 is 19.4 Å². The van der Waals surface area contributed by atoms with Gasteiger partial charge in [0.15, 0.2) is 11.5 Å². The molecule has 2 rings (SSSR count). The van der Waals surface area contributed by atoms with Crippen molar-refractivity contribution in [2.24, 2.45) is 0 Å². The standard InChI is InChI=1S/C15H21NO4/c1-3-19-13-9-11(15(17)18)12(10-14(13)20-4-2)16-7-5-6-8-16/h9-10H,3-8H2,1-2H3,(H,17,18). The Balaban J connectivity index is 2.46. The Morgan fingerprint density at radius 3 is 2.20 bits per heavy atom. The van der Waals surface area contributed by atoms with Crippen LogP contribution in [0.3, 0.4) is 0 Å². The molecule has 1 aromatic carbocycles. The molecule has 0 spiro atoms. The monoisotopic (exact) mass is 279 g/mol. The molecule has 0 aliphatic carbocycles. The van der Waals surface area contributed by atoms with Crippen molar-refractivity contribution in [1.82, 2.24) is 0 Å². The van der Waals surface area contributed by atoms with Crippen LogP contribution in [0.4, 0.5) is 5.69 Å². The van der Waals surface area contributed by atoms with E-state index in [0.29, 0.717) is 24.7 Å². The summed E-state index contributed by atoms with van der Waals surface area (Å²) in [5.74, 6) is 0.173. The second-order valence-corrected chi connectivity index (χ2v) is 4.68. The zero-order valence-corrected chi connectivity index (χ0v) is 12.0. The summed E-state index contributed by atoms with van der Waals surface area (Å²) >= 11 is 0. The first-order chi connectivity index (χ1) is 9.67. The van der Waals surface area contributed by atoms with Gasteiger partial charge in [0.1, 0.15) is 0 Å². The zero-order valence-electron chi connectivity index (χ0n) is 12.0. The van der Waals surface area contributed by atoms with Crippen LogP contribution >= 0.6 is 0 Å². The summed E-state index contributed by atoms with van der Waals surface area (Å²) in [6.45, 7) is 6.54. The number of nitrogens with zero attached hydrogens (tertiary/aromatic N) is 1. The molecule has 1 saturated heterocycles. The lowest BCUT2D eigenvalue weighted by Gasteiger charge is -2.22. The smallest absolute Gasteiger partial charge is 0.337 e. The quantitative estimate of drug-likeness (QED) is 0.867. The van der Waals surface area contributed by atoms with Gasteiger partial charge in [0.2, 0.25) is 0 Å². The van der Waals surface area contributed by atoms with Crippen molar-refractivity contribution >= 4 is 11.7 Å². The van der Waals surface area contributed by atoms with E-state index in [1.165, 1.54) is 0 Å². The molecule has 1 heterocycles. The van der Waals surface area contributed by atoms with Gasteiger partial charge in [-0.3, -0.25) is 0 Å². The molecule has 1 fully saturated rings. The third-order valence-corrected chi connectivity index (χ3v) is 3.34. The van der Waals surface area contributed by atoms with E-state index in [-0.39, 0.29) is 5.56 Å². The van der Waals surface area contributed by atoms with Crippen LogP contribution in [0.1, 0.15) is 37.0 Å². The van der Waals surface area contributed by atoms with Crippen LogP contribution in [0.5, 0.6) is 11.5 Å². The lowest BCUT2D eigenvalue weighted by molar-refractivity contribution is 0.0697. The van der Waals surface area contributed by atoms with Gasteiger partial charge in [0.05, 0.1) is 24.5 Å². The van der Waals surface area contributed by atoms with Crippen molar-refractivity contribution in [1.29, 1.82) is 0 Å². The second kappa shape index (κ2) is 6.50. The fourth-order valence-electron chi connectivity index (χ4n) is 2.48. The number of benzene rings is 1. The average Bonchev–Trinajstić information content (AvgIpc) is 2.94.